The molecule has 1 rings (SSSR count). The van der Waals surface area contributed by atoms with Crippen LogP contribution in [0.3, 0.4) is 0 Å². The third kappa shape index (κ3) is 2.79. The van der Waals surface area contributed by atoms with E-state index in [1.165, 1.54) is 0 Å². The van der Waals surface area contributed by atoms with Gasteiger partial charge in [0.2, 0.25) is 0 Å². The Morgan fingerprint density at radius 3 is 2.69 bits per heavy atom. The van der Waals surface area contributed by atoms with Crippen molar-refractivity contribution in [3.8, 4) is 6.07 Å². The Balaban J connectivity index is 2.98. The van der Waals surface area contributed by atoms with E-state index < -0.39 is 12.2 Å². The van der Waals surface area contributed by atoms with Gasteiger partial charge in [0.1, 0.15) is 6.10 Å². The summed E-state index contributed by atoms with van der Waals surface area (Å²) in [6.45, 7) is 0. The molecule has 0 aliphatic carbocycles. The molecule has 0 aliphatic heterocycles. The van der Waals surface area contributed by atoms with Crippen LogP contribution in [0.15, 0.2) is 29.4 Å². The predicted molar refractivity (Wildman–Crippen MR) is 57.0 cm³/mol. The topological polar surface area (TPSA) is 96.8 Å². The van der Waals surface area contributed by atoms with Crippen molar-refractivity contribution >= 4 is 6.21 Å². The number of rotatable bonds is 4. The van der Waals surface area contributed by atoms with Gasteiger partial charge in [0, 0.05) is 5.56 Å². The third-order valence-electron chi connectivity index (χ3n) is 2.18. The molecule has 3 N–H and O–H groups in total. The number of aliphatic hydroxyl groups excluding tert-OH is 2. The second kappa shape index (κ2) is 5.85. The summed E-state index contributed by atoms with van der Waals surface area (Å²) >= 11 is 0. The van der Waals surface area contributed by atoms with Crippen LogP contribution in [0.25, 0.3) is 0 Å². The minimum Gasteiger partial charge on any atom is -0.411 e. The minimum absolute atomic E-state index is 0.161. The molecule has 0 fully saturated rings. The van der Waals surface area contributed by atoms with Gasteiger partial charge in [-0.1, -0.05) is 29.4 Å². The lowest BCUT2D eigenvalue weighted by molar-refractivity contribution is 0.0215. The first-order valence-corrected chi connectivity index (χ1v) is 4.70. The number of benzene rings is 1. The first kappa shape index (κ1) is 12.2. The summed E-state index contributed by atoms with van der Waals surface area (Å²) in [6, 6.07) is 8.41. The second-order valence-corrected chi connectivity index (χ2v) is 3.25. The molecule has 0 aliphatic rings. The van der Waals surface area contributed by atoms with Gasteiger partial charge in [0.05, 0.1) is 24.8 Å². The van der Waals surface area contributed by atoms with Gasteiger partial charge in [0.15, 0.2) is 0 Å². The molecule has 0 saturated carbocycles. The summed E-state index contributed by atoms with van der Waals surface area (Å²) in [5.74, 6) is 0. The highest BCUT2D eigenvalue weighted by atomic mass is 16.4. The number of hydrogen-bond acceptors (Lipinski definition) is 5. The van der Waals surface area contributed by atoms with Gasteiger partial charge >= 0.3 is 0 Å². The predicted octanol–water partition coefficient (Wildman–Crippen LogP) is 0.803. The Bertz CT molecular complexity index is 412. The SMILES string of the molecule is N#CCC(O)C(O)c1ccccc1C=NO. The third-order valence-corrected chi connectivity index (χ3v) is 2.18. The Kier molecular flexibility index (Phi) is 4.45. The molecule has 0 aromatic heterocycles. The van der Waals surface area contributed by atoms with Crippen LogP contribution in [0.4, 0.5) is 0 Å². The van der Waals surface area contributed by atoms with Crippen LogP contribution >= 0.6 is 0 Å². The summed E-state index contributed by atoms with van der Waals surface area (Å²) in [5, 5.41) is 39.0. The molecule has 16 heavy (non-hydrogen) atoms. The summed E-state index contributed by atoms with van der Waals surface area (Å²) in [4.78, 5) is 0. The van der Waals surface area contributed by atoms with Crippen molar-refractivity contribution in [2.45, 2.75) is 18.6 Å². The number of oxime groups is 1. The largest absolute Gasteiger partial charge is 0.411 e. The fourth-order valence-corrected chi connectivity index (χ4v) is 1.37. The normalized spacial score (nSPS) is 14.6. The van der Waals surface area contributed by atoms with Crippen LogP contribution in [0.1, 0.15) is 23.7 Å². The van der Waals surface area contributed by atoms with Crippen LogP contribution in [-0.4, -0.2) is 27.7 Å². The van der Waals surface area contributed by atoms with Crippen LogP contribution < -0.4 is 0 Å². The van der Waals surface area contributed by atoms with E-state index in [1.807, 2.05) is 0 Å². The molecule has 0 radical (unpaired) electrons. The summed E-state index contributed by atoms with van der Waals surface area (Å²) in [6.07, 6.45) is -1.32. The molecule has 1 aromatic rings. The Morgan fingerprint density at radius 2 is 2.06 bits per heavy atom. The van der Waals surface area contributed by atoms with Crippen molar-refractivity contribution in [3.63, 3.8) is 0 Å². The minimum atomic E-state index is -1.17. The van der Waals surface area contributed by atoms with Crippen LogP contribution in [-0.2, 0) is 0 Å². The molecule has 5 heteroatoms. The Hall–Kier alpha value is -1.90. The molecule has 2 atom stereocenters. The van der Waals surface area contributed by atoms with Gasteiger partial charge in [-0.2, -0.15) is 5.26 Å². The lowest BCUT2D eigenvalue weighted by Gasteiger charge is -2.17. The van der Waals surface area contributed by atoms with Crippen LogP contribution in [0.2, 0.25) is 0 Å². The van der Waals surface area contributed by atoms with Crippen LogP contribution in [0, 0.1) is 11.3 Å². The van der Waals surface area contributed by atoms with Gasteiger partial charge in [-0.3, -0.25) is 0 Å². The Labute approximate surface area is 92.9 Å². The Morgan fingerprint density at radius 1 is 1.38 bits per heavy atom. The zero-order valence-electron chi connectivity index (χ0n) is 8.48. The molecule has 84 valence electrons. The quantitative estimate of drug-likeness (QED) is 0.397. The molecule has 2 unspecified atom stereocenters. The smallest absolute Gasteiger partial charge is 0.106 e. The molecular formula is C11H12N2O3. The van der Waals surface area contributed by atoms with Gasteiger partial charge < -0.3 is 15.4 Å². The maximum Gasteiger partial charge on any atom is 0.106 e. The molecule has 0 bridgehead atoms. The molecular weight excluding hydrogens is 208 g/mol. The van der Waals surface area contributed by atoms with Crippen molar-refractivity contribution < 1.29 is 15.4 Å². The van der Waals surface area contributed by atoms with E-state index in [2.05, 4.69) is 5.16 Å². The van der Waals surface area contributed by atoms with E-state index in [0.29, 0.717) is 11.1 Å². The van der Waals surface area contributed by atoms with Crippen LogP contribution in [0.5, 0.6) is 0 Å². The molecule has 0 amide bonds. The lowest BCUT2D eigenvalue weighted by atomic mass is 9.98. The van der Waals surface area contributed by atoms with Crippen molar-refractivity contribution in [2.75, 3.05) is 0 Å². The van der Waals surface area contributed by atoms with Crippen molar-refractivity contribution in [1.82, 2.24) is 0 Å². The number of aliphatic hydroxyl groups is 2. The van der Waals surface area contributed by atoms with Gasteiger partial charge in [0.25, 0.3) is 0 Å². The van der Waals surface area contributed by atoms with Crippen molar-refractivity contribution in [2.24, 2.45) is 5.16 Å². The maximum absolute atomic E-state index is 9.78. The van der Waals surface area contributed by atoms with Gasteiger partial charge in [-0.15, -0.1) is 0 Å². The average molecular weight is 220 g/mol. The number of nitriles is 1. The van der Waals surface area contributed by atoms with E-state index >= 15 is 0 Å². The van der Waals surface area contributed by atoms with E-state index in [0.717, 1.165) is 6.21 Å². The first-order chi connectivity index (χ1) is 7.70. The van der Waals surface area contributed by atoms with Gasteiger partial charge in [-0.05, 0) is 5.56 Å². The average Bonchev–Trinajstić information content (AvgIpc) is 2.29. The molecule has 1 aromatic carbocycles. The highest BCUT2D eigenvalue weighted by molar-refractivity contribution is 5.81. The molecule has 0 spiro atoms. The summed E-state index contributed by atoms with van der Waals surface area (Å²) in [7, 11) is 0. The number of hydrogen-bond donors (Lipinski definition) is 3. The highest BCUT2D eigenvalue weighted by Gasteiger charge is 2.19. The highest BCUT2D eigenvalue weighted by Crippen LogP contribution is 2.21. The lowest BCUT2D eigenvalue weighted by Crippen LogP contribution is -2.18. The zero-order chi connectivity index (χ0) is 12.0. The molecule has 0 saturated heterocycles. The fourth-order valence-electron chi connectivity index (χ4n) is 1.37. The maximum atomic E-state index is 9.78. The standard InChI is InChI=1S/C11H12N2O3/c12-6-5-10(14)11(15)9-4-2-1-3-8(9)7-13-16/h1-4,7,10-11,14-16H,5H2. The van der Waals surface area contributed by atoms with Gasteiger partial charge in [-0.25, -0.2) is 0 Å². The van der Waals surface area contributed by atoms with Crippen molar-refractivity contribution in [3.05, 3.63) is 35.4 Å². The molecule has 5 nitrogen and oxygen atoms in total. The van der Waals surface area contributed by atoms with Crippen molar-refractivity contribution in [1.29, 1.82) is 5.26 Å². The first-order valence-electron chi connectivity index (χ1n) is 4.70. The number of nitrogens with zero attached hydrogens (tertiary/aromatic N) is 2. The van der Waals surface area contributed by atoms with E-state index in [-0.39, 0.29) is 6.42 Å². The summed E-state index contributed by atoms with van der Waals surface area (Å²) in [5.41, 5.74) is 0.914. The van der Waals surface area contributed by atoms with E-state index in [9.17, 15) is 10.2 Å². The monoisotopic (exact) mass is 220 g/mol. The summed E-state index contributed by atoms with van der Waals surface area (Å²) < 4.78 is 0. The fraction of sp³-hybridized carbons (Fsp3) is 0.273. The second-order valence-electron chi connectivity index (χ2n) is 3.25. The zero-order valence-corrected chi connectivity index (χ0v) is 8.48. The van der Waals surface area contributed by atoms with E-state index in [4.69, 9.17) is 10.5 Å². The molecule has 0 heterocycles. The van der Waals surface area contributed by atoms with E-state index in [1.54, 1.807) is 30.3 Å².